The van der Waals surface area contributed by atoms with Crippen molar-refractivity contribution in [3.63, 3.8) is 0 Å². The number of hydrogen-bond acceptors (Lipinski definition) is 3. The smallest absolute Gasteiger partial charge is 0.234 e. The van der Waals surface area contributed by atoms with Crippen molar-refractivity contribution in [3.05, 3.63) is 35.6 Å². The molecule has 1 aromatic carbocycles. The van der Waals surface area contributed by atoms with E-state index in [-0.39, 0.29) is 24.3 Å². The second-order valence-corrected chi connectivity index (χ2v) is 5.80. The third-order valence-electron chi connectivity index (χ3n) is 3.55. The lowest BCUT2D eigenvalue weighted by molar-refractivity contribution is -0.122. The third-order valence-corrected chi connectivity index (χ3v) is 3.55. The van der Waals surface area contributed by atoms with Crippen molar-refractivity contribution in [1.82, 2.24) is 10.2 Å². The van der Waals surface area contributed by atoms with Crippen molar-refractivity contribution in [2.45, 2.75) is 32.9 Å². The molecule has 3 N–H and O–H groups in total. The molecule has 0 aromatic heterocycles. The summed E-state index contributed by atoms with van der Waals surface area (Å²) < 4.78 is 13.4. The molecule has 118 valence electrons. The second-order valence-electron chi connectivity index (χ2n) is 5.80. The van der Waals surface area contributed by atoms with Crippen LogP contribution in [-0.4, -0.2) is 37.0 Å². The number of carbonyl (C=O) groups is 1. The van der Waals surface area contributed by atoms with E-state index in [0.29, 0.717) is 18.0 Å². The van der Waals surface area contributed by atoms with Gasteiger partial charge in [0.05, 0.1) is 6.54 Å². The number of carbonyl (C=O) groups excluding carboxylic acids is 1. The van der Waals surface area contributed by atoms with Crippen LogP contribution in [0.2, 0.25) is 0 Å². The van der Waals surface area contributed by atoms with E-state index in [1.165, 1.54) is 6.07 Å². The first-order chi connectivity index (χ1) is 9.90. The summed E-state index contributed by atoms with van der Waals surface area (Å²) in [6.45, 7) is 5.45. The zero-order valence-corrected chi connectivity index (χ0v) is 13.1. The second kappa shape index (κ2) is 8.74. The predicted molar refractivity (Wildman–Crippen MR) is 83.2 cm³/mol. The summed E-state index contributed by atoms with van der Waals surface area (Å²) in [5.74, 6) is 0.0289. The lowest BCUT2D eigenvalue weighted by Gasteiger charge is -2.21. The molecule has 0 bridgehead atoms. The Bertz CT molecular complexity index is 451. The Morgan fingerprint density at radius 1 is 1.38 bits per heavy atom. The lowest BCUT2D eigenvalue weighted by atomic mass is 10.0. The van der Waals surface area contributed by atoms with Gasteiger partial charge < -0.3 is 11.1 Å². The number of nitrogens with zero attached hydrogens (tertiary/aromatic N) is 1. The molecule has 0 aliphatic heterocycles. The van der Waals surface area contributed by atoms with Crippen LogP contribution in [0.5, 0.6) is 0 Å². The number of rotatable bonds is 8. The molecule has 4 nitrogen and oxygen atoms in total. The number of hydrogen-bond donors (Lipinski definition) is 2. The van der Waals surface area contributed by atoms with Gasteiger partial charge in [-0.3, -0.25) is 9.69 Å². The Kier molecular flexibility index (Phi) is 7.32. The van der Waals surface area contributed by atoms with E-state index in [9.17, 15) is 9.18 Å². The maximum Gasteiger partial charge on any atom is 0.234 e. The molecule has 0 saturated carbocycles. The Balaban J connectivity index is 2.29. The molecule has 0 spiro atoms. The van der Waals surface area contributed by atoms with E-state index in [1.807, 2.05) is 11.9 Å². The lowest BCUT2D eigenvalue weighted by Crippen LogP contribution is -2.38. The summed E-state index contributed by atoms with van der Waals surface area (Å²) in [6, 6.07) is 6.59. The van der Waals surface area contributed by atoms with Gasteiger partial charge in [0.1, 0.15) is 5.82 Å². The van der Waals surface area contributed by atoms with Gasteiger partial charge in [0.15, 0.2) is 0 Å². The van der Waals surface area contributed by atoms with Crippen molar-refractivity contribution in [2.24, 2.45) is 11.7 Å². The van der Waals surface area contributed by atoms with Gasteiger partial charge >= 0.3 is 0 Å². The summed E-state index contributed by atoms with van der Waals surface area (Å²) in [5, 5.41) is 2.73. The molecule has 1 rings (SSSR count). The summed E-state index contributed by atoms with van der Waals surface area (Å²) in [4.78, 5) is 13.7. The highest BCUT2D eigenvalue weighted by molar-refractivity contribution is 5.77. The zero-order chi connectivity index (χ0) is 15.8. The van der Waals surface area contributed by atoms with E-state index >= 15 is 0 Å². The zero-order valence-electron chi connectivity index (χ0n) is 13.1. The van der Waals surface area contributed by atoms with Crippen LogP contribution in [0.4, 0.5) is 4.39 Å². The Morgan fingerprint density at radius 3 is 2.67 bits per heavy atom. The predicted octanol–water partition coefficient (Wildman–Crippen LogP) is 1.75. The Hall–Kier alpha value is -1.46. The van der Waals surface area contributed by atoms with Crippen molar-refractivity contribution in [1.29, 1.82) is 0 Å². The molecule has 0 radical (unpaired) electrons. The van der Waals surface area contributed by atoms with Gasteiger partial charge in [-0.1, -0.05) is 32.0 Å². The quantitative estimate of drug-likeness (QED) is 0.768. The highest BCUT2D eigenvalue weighted by Gasteiger charge is 2.11. The van der Waals surface area contributed by atoms with Crippen molar-refractivity contribution >= 4 is 5.91 Å². The average molecular weight is 295 g/mol. The minimum atomic E-state index is -0.297. The summed E-state index contributed by atoms with van der Waals surface area (Å²) in [6.07, 6.45) is 0.856. The molecule has 0 fully saturated rings. The average Bonchev–Trinajstić information content (AvgIpc) is 2.43. The summed E-state index contributed by atoms with van der Waals surface area (Å²) in [7, 11) is 1.88. The van der Waals surface area contributed by atoms with Crippen LogP contribution < -0.4 is 11.1 Å². The minimum absolute atomic E-state index is 0.112. The molecular weight excluding hydrogens is 269 g/mol. The van der Waals surface area contributed by atoms with Gasteiger partial charge in [0.25, 0.3) is 0 Å². The Morgan fingerprint density at radius 2 is 2.05 bits per heavy atom. The fourth-order valence-corrected chi connectivity index (χ4v) is 1.92. The molecule has 0 saturated heterocycles. The first-order valence-corrected chi connectivity index (χ1v) is 7.34. The largest absolute Gasteiger partial charge is 0.351 e. The molecule has 0 aliphatic rings. The SMILES string of the molecule is CC(C)C(N)CCN(C)CC(=O)NCc1ccccc1F. The standard InChI is InChI=1S/C16H26FN3O/c1-12(2)15(18)8-9-20(3)11-16(21)19-10-13-6-4-5-7-14(13)17/h4-7,12,15H,8-11,18H2,1-3H3,(H,19,21). The molecular formula is C16H26FN3O. The van der Waals surface area contributed by atoms with E-state index in [1.54, 1.807) is 18.2 Å². The van der Waals surface area contributed by atoms with Crippen LogP contribution in [0, 0.1) is 11.7 Å². The minimum Gasteiger partial charge on any atom is -0.351 e. The molecule has 1 atom stereocenters. The van der Waals surface area contributed by atoms with E-state index in [2.05, 4.69) is 19.2 Å². The number of nitrogens with two attached hydrogens (primary N) is 1. The first kappa shape index (κ1) is 17.6. The fourth-order valence-electron chi connectivity index (χ4n) is 1.92. The van der Waals surface area contributed by atoms with Gasteiger partial charge in [-0.2, -0.15) is 0 Å². The molecule has 5 heteroatoms. The number of nitrogens with one attached hydrogen (secondary N) is 1. The number of likely N-dealkylation sites (N-methyl/N-ethyl adjacent to an activating group) is 1. The molecule has 0 heterocycles. The summed E-state index contributed by atoms with van der Waals surface area (Å²) in [5.41, 5.74) is 6.47. The van der Waals surface area contributed by atoms with E-state index in [0.717, 1.165) is 13.0 Å². The van der Waals surface area contributed by atoms with Crippen LogP contribution in [0.15, 0.2) is 24.3 Å². The van der Waals surface area contributed by atoms with Gasteiger partial charge in [-0.15, -0.1) is 0 Å². The molecule has 1 aromatic rings. The first-order valence-electron chi connectivity index (χ1n) is 7.34. The number of halogens is 1. The highest BCUT2D eigenvalue weighted by atomic mass is 19.1. The van der Waals surface area contributed by atoms with Crippen LogP contribution in [0.1, 0.15) is 25.8 Å². The molecule has 21 heavy (non-hydrogen) atoms. The maximum absolute atomic E-state index is 13.4. The fraction of sp³-hybridized carbons (Fsp3) is 0.562. The normalized spacial score (nSPS) is 12.7. The maximum atomic E-state index is 13.4. The summed E-state index contributed by atoms with van der Waals surface area (Å²) >= 11 is 0. The van der Waals surface area contributed by atoms with E-state index < -0.39 is 0 Å². The topological polar surface area (TPSA) is 58.4 Å². The van der Waals surface area contributed by atoms with Crippen molar-refractivity contribution in [3.8, 4) is 0 Å². The van der Waals surface area contributed by atoms with Crippen molar-refractivity contribution in [2.75, 3.05) is 20.1 Å². The molecule has 1 unspecified atom stereocenters. The van der Waals surface area contributed by atoms with Crippen LogP contribution in [0.25, 0.3) is 0 Å². The Labute approximate surface area is 126 Å². The highest BCUT2D eigenvalue weighted by Crippen LogP contribution is 2.06. The van der Waals surface area contributed by atoms with E-state index in [4.69, 9.17) is 5.73 Å². The third kappa shape index (κ3) is 6.69. The van der Waals surface area contributed by atoms with Crippen LogP contribution in [0.3, 0.4) is 0 Å². The number of amides is 1. The number of benzene rings is 1. The van der Waals surface area contributed by atoms with Crippen molar-refractivity contribution < 1.29 is 9.18 Å². The molecule has 0 aliphatic carbocycles. The van der Waals surface area contributed by atoms with Crippen LogP contribution >= 0.6 is 0 Å². The van der Waals surface area contributed by atoms with Gasteiger partial charge in [0, 0.05) is 18.2 Å². The monoisotopic (exact) mass is 295 g/mol. The van der Waals surface area contributed by atoms with Gasteiger partial charge in [-0.25, -0.2) is 4.39 Å². The van der Waals surface area contributed by atoms with Gasteiger partial charge in [0.2, 0.25) is 5.91 Å². The molecule has 1 amide bonds. The van der Waals surface area contributed by atoms with Gasteiger partial charge in [-0.05, 0) is 32.0 Å². The van der Waals surface area contributed by atoms with Crippen LogP contribution in [-0.2, 0) is 11.3 Å².